The number of aromatic amines is 2. The van der Waals surface area contributed by atoms with Gasteiger partial charge in [-0.05, 0) is 50.8 Å². The number of benzene rings is 1. The number of anilines is 1. The second-order valence-corrected chi connectivity index (χ2v) is 6.96. The molecule has 0 saturated carbocycles. The first-order valence-electron chi connectivity index (χ1n) is 7.96. The van der Waals surface area contributed by atoms with Crippen LogP contribution in [-0.4, -0.2) is 26.1 Å². The average Bonchev–Trinajstić information content (AvgIpc) is 3.22. The monoisotopic (exact) mass is 307 g/mol. The molecule has 23 heavy (non-hydrogen) atoms. The summed E-state index contributed by atoms with van der Waals surface area (Å²) in [5, 5.41) is 10.5. The van der Waals surface area contributed by atoms with E-state index in [2.05, 4.69) is 20.5 Å². The van der Waals surface area contributed by atoms with Crippen molar-refractivity contribution in [3.8, 4) is 11.5 Å². The summed E-state index contributed by atoms with van der Waals surface area (Å²) in [5.74, 6) is 0.831. The number of nitrogens with one attached hydrogen (secondary N) is 3. The van der Waals surface area contributed by atoms with Crippen LogP contribution in [0.4, 0.5) is 5.69 Å². The molecule has 0 spiro atoms. The molecule has 1 aromatic carbocycles. The maximum absolute atomic E-state index is 12.1. The predicted octanol–water partition coefficient (Wildman–Crippen LogP) is 2.67. The number of aromatic nitrogens is 4. The van der Waals surface area contributed by atoms with Crippen LogP contribution >= 0.6 is 0 Å². The molecular weight excluding hydrogens is 290 g/mol. The molecule has 0 saturated heterocycles. The van der Waals surface area contributed by atoms with E-state index in [0.717, 1.165) is 46.6 Å². The molecule has 5 rings (SSSR count). The van der Waals surface area contributed by atoms with Gasteiger partial charge in [-0.1, -0.05) is 0 Å². The van der Waals surface area contributed by atoms with Gasteiger partial charge < -0.3 is 10.3 Å². The minimum Gasteiger partial charge on any atom is -0.337 e. The minimum absolute atomic E-state index is 0.0329. The summed E-state index contributed by atoms with van der Waals surface area (Å²) in [6.45, 7) is 3.88. The Balaban J connectivity index is 1.68. The molecule has 0 bridgehead atoms. The SMILES string of the molecule is CC1(C)C(=O)Nc2cc3nc(-c4n[nH]c5c4CCC5)[nH]c3cc21. The third-order valence-electron chi connectivity index (χ3n) is 5.14. The lowest BCUT2D eigenvalue weighted by Gasteiger charge is -2.14. The summed E-state index contributed by atoms with van der Waals surface area (Å²) in [7, 11) is 0. The van der Waals surface area contributed by atoms with Crippen LogP contribution in [0.2, 0.25) is 0 Å². The summed E-state index contributed by atoms with van der Waals surface area (Å²) in [6, 6.07) is 3.98. The van der Waals surface area contributed by atoms with E-state index < -0.39 is 5.41 Å². The number of H-pyrrole nitrogens is 2. The Morgan fingerprint density at radius 1 is 1.22 bits per heavy atom. The summed E-state index contributed by atoms with van der Waals surface area (Å²) in [4.78, 5) is 20.2. The molecule has 6 heteroatoms. The molecule has 2 aliphatic rings. The van der Waals surface area contributed by atoms with Crippen molar-refractivity contribution in [2.24, 2.45) is 0 Å². The highest BCUT2D eigenvalue weighted by Crippen LogP contribution is 2.40. The Labute approximate surface area is 132 Å². The Kier molecular flexibility index (Phi) is 2.24. The molecule has 1 aliphatic heterocycles. The second kappa shape index (κ2) is 4.01. The first-order valence-corrected chi connectivity index (χ1v) is 7.96. The van der Waals surface area contributed by atoms with E-state index in [9.17, 15) is 4.79 Å². The van der Waals surface area contributed by atoms with Gasteiger partial charge in [0.05, 0.1) is 16.4 Å². The molecule has 2 aromatic heterocycles. The molecule has 3 aromatic rings. The number of aryl methyl sites for hydroxylation is 1. The Morgan fingerprint density at radius 3 is 2.96 bits per heavy atom. The zero-order chi connectivity index (χ0) is 15.8. The lowest BCUT2D eigenvalue weighted by Crippen LogP contribution is -2.26. The first-order chi connectivity index (χ1) is 11.0. The quantitative estimate of drug-likeness (QED) is 0.646. The summed E-state index contributed by atoms with van der Waals surface area (Å²) < 4.78 is 0. The van der Waals surface area contributed by atoms with E-state index in [1.165, 1.54) is 17.7 Å². The minimum atomic E-state index is -0.512. The average molecular weight is 307 g/mol. The van der Waals surface area contributed by atoms with Crippen LogP contribution < -0.4 is 5.32 Å². The number of carbonyl (C=O) groups excluding carboxylic acids is 1. The highest BCUT2D eigenvalue weighted by molar-refractivity contribution is 6.07. The number of carbonyl (C=O) groups is 1. The number of amides is 1. The normalized spacial score (nSPS) is 18.3. The van der Waals surface area contributed by atoms with Crippen LogP contribution in [0, 0.1) is 0 Å². The number of fused-ring (bicyclic) bond motifs is 3. The Morgan fingerprint density at radius 2 is 2.09 bits per heavy atom. The van der Waals surface area contributed by atoms with E-state index in [1.807, 2.05) is 26.0 Å². The standard InChI is InChI=1S/C17H17N5O/c1-17(2)9-6-12-13(7-11(9)20-16(17)23)19-15(18-12)14-8-4-3-5-10(8)21-22-14/h6-7H,3-5H2,1-2H3,(H,18,19)(H,20,23)(H,21,22). The Bertz CT molecular complexity index is 978. The predicted molar refractivity (Wildman–Crippen MR) is 87.4 cm³/mol. The van der Waals surface area contributed by atoms with E-state index in [-0.39, 0.29) is 5.91 Å². The zero-order valence-electron chi connectivity index (χ0n) is 13.1. The number of imidazole rings is 1. The largest absolute Gasteiger partial charge is 0.337 e. The molecule has 0 unspecified atom stereocenters. The van der Waals surface area contributed by atoms with Crippen molar-refractivity contribution >= 4 is 22.6 Å². The highest BCUT2D eigenvalue weighted by Gasteiger charge is 2.38. The van der Waals surface area contributed by atoms with Crippen molar-refractivity contribution in [3.63, 3.8) is 0 Å². The van der Waals surface area contributed by atoms with Crippen LogP contribution in [0.25, 0.3) is 22.6 Å². The lowest BCUT2D eigenvalue weighted by molar-refractivity contribution is -0.119. The highest BCUT2D eigenvalue weighted by atomic mass is 16.2. The van der Waals surface area contributed by atoms with Gasteiger partial charge in [0.25, 0.3) is 0 Å². The van der Waals surface area contributed by atoms with Crippen molar-refractivity contribution in [1.82, 2.24) is 20.2 Å². The van der Waals surface area contributed by atoms with Crippen molar-refractivity contribution in [1.29, 1.82) is 0 Å². The fraction of sp³-hybridized carbons (Fsp3) is 0.353. The molecule has 6 nitrogen and oxygen atoms in total. The summed E-state index contributed by atoms with van der Waals surface area (Å²) >= 11 is 0. The molecule has 1 aliphatic carbocycles. The van der Waals surface area contributed by atoms with Gasteiger partial charge in [-0.25, -0.2) is 4.98 Å². The summed E-state index contributed by atoms with van der Waals surface area (Å²) in [5.41, 5.74) is 6.60. The van der Waals surface area contributed by atoms with Crippen LogP contribution in [0.1, 0.15) is 37.1 Å². The van der Waals surface area contributed by atoms with Crippen LogP contribution in [-0.2, 0) is 23.1 Å². The second-order valence-electron chi connectivity index (χ2n) is 6.96. The van der Waals surface area contributed by atoms with Crippen molar-refractivity contribution in [3.05, 3.63) is 29.0 Å². The maximum Gasteiger partial charge on any atom is 0.234 e. The summed E-state index contributed by atoms with van der Waals surface area (Å²) in [6.07, 6.45) is 3.29. The number of hydrogen-bond acceptors (Lipinski definition) is 3. The van der Waals surface area contributed by atoms with E-state index >= 15 is 0 Å². The van der Waals surface area contributed by atoms with Gasteiger partial charge in [-0.2, -0.15) is 5.10 Å². The van der Waals surface area contributed by atoms with Crippen LogP contribution in [0.5, 0.6) is 0 Å². The van der Waals surface area contributed by atoms with Gasteiger partial charge in [0, 0.05) is 16.9 Å². The van der Waals surface area contributed by atoms with E-state index in [4.69, 9.17) is 4.98 Å². The number of nitrogens with zero attached hydrogens (tertiary/aromatic N) is 2. The molecular formula is C17H17N5O. The van der Waals surface area contributed by atoms with Gasteiger partial charge in [-0.3, -0.25) is 9.89 Å². The fourth-order valence-electron chi connectivity index (χ4n) is 3.71. The molecule has 3 N–H and O–H groups in total. The van der Waals surface area contributed by atoms with Crippen LogP contribution in [0.15, 0.2) is 12.1 Å². The number of rotatable bonds is 1. The van der Waals surface area contributed by atoms with Crippen molar-refractivity contribution < 1.29 is 4.79 Å². The smallest absolute Gasteiger partial charge is 0.234 e. The maximum atomic E-state index is 12.1. The zero-order valence-corrected chi connectivity index (χ0v) is 13.1. The molecule has 0 atom stereocenters. The van der Waals surface area contributed by atoms with Gasteiger partial charge in [0.15, 0.2) is 5.82 Å². The van der Waals surface area contributed by atoms with E-state index in [1.54, 1.807) is 0 Å². The van der Waals surface area contributed by atoms with Gasteiger partial charge in [0.2, 0.25) is 5.91 Å². The molecule has 0 radical (unpaired) electrons. The fourth-order valence-corrected chi connectivity index (χ4v) is 3.71. The molecule has 3 heterocycles. The van der Waals surface area contributed by atoms with Crippen LogP contribution in [0.3, 0.4) is 0 Å². The third kappa shape index (κ3) is 1.60. The lowest BCUT2D eigenvalue weighted by atomic mass is 9.86. The van der Waals surface area contributed by atoms with Gasteiger partial charge in [0.1, 0.15) is 5.69 Å². The number of hydrogen-bond donors (Lipinski definition) is 3. The third-order valence-corrected chi connectivity index (χ3v) is 5.14. The first kappa shape index (κ1) is 12.9. The Hall–Kier alpha value is -2.63. The van der Waals surface area contributed by atoms with Crippen molar-refractivity contribution in [2.75, 3.05) is 5.32 Å². The van der Waals surface area contributed by atoms with Gasteiger partial charge >= 0.3 is 0 Å². The molecule has 1 amide bonds. The van der Waals surface area contributed by atoms with E-state index in [0.29, 0.717) is 0 Å². The van der Waals surface area contributed by atoms with Gasteiger partial charge in [-0.15, -0.1) is 0 Å². The molecule has 0 fully saturated rings. The molecule has 116 valence electrons. The van der Waals surface area contributed by atoms with Crippen molar-refractivity contribution in [2.45, 2.75) is 38.5 Å². The topological polar surface area (TPSA) is 86.5 Å².